The highest BCUT2D eigenvalue weighted by Gasteiger charge is 2.35. The first-order valence-corrected chi connectivity index (χ1v) is 6.96. The molecule has 0 saturated carbocycles. The van der Waals surface area contributed by atoms with Crippen molar-refractivity contribution in [2.45, 2.75) is 19.4 Å². The molecule has 0 unspecified atom stereocenters. The van der Waals surface area contributed by atoms with Crippen LogP contribution in [0.2, 0.25) is 0 Å². The minimum absolute atomic E-state index is 0.0825. The number of alkyl halides is 1. The van der Waals surface area contributed by atoms with E-state index in [1.165, 1.54) is 6.92 Å². The normalized spacial score (nSPS) is 14.1. The van der Waals surface area contributed by atoms with E-state index in [1.54, 1.807) is 19.1 Å². The van der Waals surface area contributed by atoms with Crippen molar-refractivity contribution in [2.24, 2.45) is 0 Å². The van der Waals surface area contributed by atoms with Crippen molar-refractivity contribution in [1.29, 1.82) is 0 Å². The molecule has 1 atom stereocenters. The molecule has 17 heavy (non-hydrogen) atoms. The molecule has 0 fully saturated rings. The lowest BCUT2D eigenvalue weighted by Crippen LogP contribution is -2.33. The molecule has 0 saturated heterocycles. The smallest absolute Gasteiger partial charge is 0.343 e. The van der Waals surface area contributed by atoms with Crippen LogP contribution in [0.25, 0.3) is 0 Å². The van der Waals surface area contributed by atoms with Gasteiger partial charge in [0.15, 0.2) is 11.4 Å². The maximum absolute atomic E-state index is 11.6. The Morgan fingerprint density at radius 1 is 1.53 bits per heavy atom. The Hall–Kier alpha value is -0.720. The van der Waals surface area contributed by atoms with Gasteiger partial charge in [-0.1, -0.05) is 15.9 Å². The first kappa shape index (κ1) is 14.3. The summed E-state index contributed by atoms with van der Waals surface area (Å²) < 4.78 is 4.78. The van der Waals surface area contributed by atoms with Crippen molar-refractivity contribution >= 4 is 39.0 Å². The summed E-state index contributed by atoms with van der Waals surface area (Å²) in [5, 5.41) is 10.3. The van der Waals surface area contributed by atoms with Gasteiger partial charge in [0.2, 0.25) is 0 Å². The maximum atomic E-state index is 11.6. The SMILES string of the molecule is CCOC(=O)[C@](C)(O)c1ccc(C(=O)CBr)s1. The standard InChI is InChI=1S/C11H13BrO4S/c1-3-16-10(14)11(2,15)9-5-4-8(17-9)7(13)6-12/h4-5,15H,3,6H2,1-2H3/t11-/m1/s1. The molecule has 0 aliphatic carbocycles. The molecule has 94 valence electrons. The molecule has 4 nitrogen and oxygen atoms in total. The average Bonchev–Trinajstić information content (AvgIpc) is 2.78. The van der Waals surface area contributed by atoms with Crippen molar-refractivity contribution in [3.8, 4) is 0 Å². The van der Waals surface area contributed by atoms with E-state index in [2.05, 4.69) is 15.9 Å². The van der Waals surface area contributed by atoms with Crippen LogP contribution in [0, 0.1) is 0 Å². The lowest BCUT2D eigenvalue weighted by atomic mass is 10.1. The number of aliphatic hydroxyl groups is 1. The van der Waals surface area contributed by atoms with Crippen LogP contribution in [0.15, 0.2) is 12.1 Å². The summed E-state index contributed by atoms with van der Waals surface area (Å²) in [6, 6.07) is 3.16. The highest BCUT2D eigenvalue weighted by Crippen LogP contribution is 2.29. The van der Waals surface area contributed by atoms with Crippen LogP contribution in [-0.4, -0.2) is 28.8 Å². The fourth-order valence-electron chi connectivity index (χ4n) is 1.19. The Morgan fingerprint density at radius 2 is 2.18 bits per heavy atom. The number of hydrogen-bond donors (Lipinski definition) is 1. The van der Waals surface area contributed by atoms with Gasteiger partial charge in [0.25, 0.3) is 0 Å². The fraction of sp³-hybridized carbons (Fsp3) is 0.455. The van der Waals surface area contributed by atoms with Crippen molar-refractivity contribution < 1.29 is 19.4 Å². The second kappa shape index (κ2) is 5.75. The lowest BCUT2D eigenvalue weighted by molar-refractivity contribution is -0.163. The van der Waals surface area contributed by atoms with Gasteiger partial charge in [0.05, 0.1) is 16.8 Å². The molecule has 1 N–H and O–H groups in total. The molecule has 0 aromatic carbocycles. The van der Waals surface area contributed by atoms with Gasteiger partial charge in [-0.15, -0.1) is 11.3 Å². The third-order valence-corrected chi connectivity index (χ3v) is 4.00. The van der Waals surface area contributed by atoms with Gasteiger partial charge in [-0.05, 0) is 26.0 Å². The minimum atomic E-state index is -1.70. The van der Waals surface area contributed by atoms with Crippen LogP contribution in [0.5, 0.6) is 0 Å². The minimum Gasteiger partial charge on any atom is -0.464 e. The van der Waals surface area contributed by atoms with Crippen molar-refractivity contribution in [3.63, 3.8) is 0 Å². The number of Topliss-reactive ketones (excluding diaryl/α,β-unsaturated/α-hetero) is 1. The van der Waals surface area contributed by atoms with Crippen LogP contribution in [-0.2, 0) is 15.1 Å². The number of carbonyl (C=O) groups excluding carboxylic acids is 2. The number of rotatable bonds is 5. The van der Waals surface area contributed by atoms with E-state index in [9.17, 15) is 14.7 Å². The summed E-state index contributed by atoms with van der Waals surface area (Å²) in [6.45, 7) is 3.23. The van der Waals surface area contributed by atoms with E-state index in [4.69, 9.17) is 4.74 Å². The third kappa shape index (κ3) is 3.14. The van der Waals surface area contributed by atoms with Crippen LogP contribution < -0.4 is 0 Å². The first-order chi connectivity index (χ1) is 7.93. The number of ether oxygens (including phenoxy) is 1. The van der Waals surface area contributed by atoms with Crippen molar-refractivity contribution in [3.05, 3.63) is 21.9 Å². The van der Waals surface area contributed by atoms with E-state index in [1.807, 2.05) is 0 Å². The average molecular weight is 321 g/mol. The molecule has 1 aromatic heterocycles. The van der Waals surface area contributed by atoms with Crippen LogP contribution >= 0.6 is 27.3 Å². The highest BCUT2D eigenvalue weighted by molar-refractivity contribution is 9.09. The Morgan fingerprint density at radius 3 is 2.71 bits per heavy atom. The quantitative estimate of drug-likeness (QED) is 0.512. The largest absolute Gasteiger partial charge is 0.464 e. The van der Waals surface area contributed by atoms with Gasteiger partial charge in [0.1, 0.15) is 0 Å². The van der Waals surface area contributed by atoms with E-state index in [0.717, 1.165) is 11.3 Å². The Bertz CT molecular complexity index is 425. The van der Waals surface area contributed by atoms with Gasteiger partial charge in [-0.3, -0.25) is 4.79 Å². The van der Waals surface area contributed by atoms with Crippen LogP contribution in [0.3, 0.4) is 0 Å². The number of esters is 1. The predicted molar refractivity (Wildman–Crippen MR) is 68.6 cm³/mol. The Kier molecular flexibility index (Phi) is 4.85. The van der Waals surface area contributed by atoms with Crippen LogP contribution in [0.1, 0.15) is 28.4 Å². The Balaban J connectivity index is 2.95. The number of halogens is 1. The first-order valence-electron chi connectivity index (χ1n) is 5.02. The molecule has 0 radical (unpaired) electrons. The molecule has 1 rings (SSSR count). The molecular weight excluding hydrogens is 308 g/mol. The molecule has 1 heterocycles. The summed E-state index contributed by atoms with van der Waals surface area (Å²) in [4.78, 5) is 23.9. The summed E-state index contributed by atoms with van der Waals surface area (Å²) in [5.41, 5.74) is -1.70. The summed E-state index contributed by atoms with van der Waals surface area (Å²) in [7, 11) is 0. The van der Waals surface area contributed by atoms with Gasteiger partial charge in [0, 0.05) is 4.88 Å². The molecule has 0 aliphatic rings. The number of thiophene rings is 1. The third-order valence-electron chi connectivity index (χ3n) is 2.15. The van der Waals surface area contributed by atoms with Crippen molar-refractivity contribution in [1.82, 2.24) is 0 Å². The lowest BCUT2D eigenvalue weighted by Gasteiger charge is -2.19. The van der Waals surface area contributed by atoms with Crippen LogP contribution in [0.4, 0.5) is 0 Å². The zero-order chi connectivity index (χ0) is 13.1. The van der Waals surface area contributed by atoms with Gasteiger partial charge >= 0.3 is 5.97 Å². The second-order valence-corrected chi connectivity index (χ2v) is 5.16. The molecule has 0 bridgehead atoms. The molecule has 6 heteroatoms. The number of ketones is 1. The molecule has 0 aliphatic heterocycles. The molecule has 0 spiro atoms. The molecule has 0 amide bonds. The summed E-state index contributed by atoms with van der Waals surface area (Å²) in [6.07, 6.45) is 0. The maximum Gasteiger partial charge on any atom is 0.343 e. The zero-order valence-electron chi connectivity index (χ0n) is 9.53. The molecule has 1 aromatic rings. The summed E-state index contributed by atoms with van der Waals surface area (Å²) in [5.74, 6) is -0.791. The van der Waals surface area contributed by atoms with Gasteiger partial charge in [-0.25, -0.2) is 4.79 Å². The topological polar surface area (TPSA) is 63.6 Å². The van der Waals surface area contributed by atoms with E-state index < -0.39 is 11.6 Å². The molecular formula is C11H13BrO4S. The zero-order valence-corrected chi connectivity index (χ0v) is 11.9. The summed E-state index contributed by atoms with van der Waals surface area (Å²) >= 11 is 4.16. The Labute approximate surface area is 112 Å². The number of hydrogen-bond acceptors (Lipinski definition) is 5. The predicted octanol–water partition coefficient (Wildman–Crippen LogP) is 2.10. The van der Waals surface area contributed by atoms with Gasteiger partial charge < -0.3 is 9.84 Å². The monoisotopic (exact) mass is 320 g/mol. The van der Waals surface area contributed by atoms with Crippen molar-refractivity contribution in [2.75, 3.05) is 11.9 Å². The van der Waals surface area contributed by atoms with E-state index in [0.29, 0.717) is 9.75 Å². The number of carbonyl (C=O) groups is 2. The van der Waals surface area contributed by atoms with Gasteiger partial charge in [-0.2, -0.15) is 0 Å². The van der Waals surface area contributed by atoms with E-state index >= 15 is 0 Å². The second-order valence-electron chi connectivity index (χ2n) is 3.51. The van der Waals surface area contributed by atoms with E-state index in [-0.39, 0.29) is 17.7 Å². The highest BCUT2D eigenvalue weighted by atomic mass is 79.9. The fourth-order valence-corrected chi connectivity index (χ4v) is 2.65.